The molecular formula is C20H39N7O5S2. The number of rotatable bonds is 17. The van der Waals surface area contributed by atoms with E-state index in [1.807, 2.05) is 20.1 Å². The van der Waals surface area contributed by atoms with Crippen LogP contribution in [0.15, 0.2) is 4.99 Å². The summed E-state index contributed by atoms with van der Waals surface area (Å²) in [4.78, 5) is 53.4. The number of thiol groups is 1. The third-order valence-corrected chi connectivity index (χ3v) is 6.19. The van der Waals surface area contributed by atoms with E-state index < -0.39 is 47.9 Å². The number of aliphatic carboxylic acids is 1. The molecule has 0 fully saturated rings. The number of aliphatic imine (C=N–C) groups is 1. The van der Waals surface area contributed by atoms with Gasteiger partial charge in [0, 0.05) is 12.3 Å². The summed E-state index contributed by atoms with van der Waals surface area (Å²) in [6, 6.07) is -4.01. The Morgan fingerprint density at radius 2 is 1.56 bits per heavy atom. The number of guanidine groups is 1. The van der Waals surface area contributed by atoms with Crippen LogP contribution < -0.4 is 33.2 Å². The average Bonchev–Trinajstić information content (AvgIpc) is 2.79. The summed E-state index contributed by atoms with van der Waals surface area (Å²) in [5.74, 6) is -2.70. The van der Waals surface area contributed by atoms with Crippen LogP contribution in [0, 0.1) is 5.92 Å². The number of amides is 3. The lowest BCUT2D eigenvalue weighted by Crippen LogP contribution is -2.58. The first-order valence-corrected chi connectivity index (χ1v) is 13.1. The van der Waals surface area contributed by atoms with Crippen molar-refractivity contribution in [1.29, 1.82) is 0 Å². The fourth-order valence-electron chi connectivity index (χ4n) is 2.78. The molecule has 12 nitrogen and oxygen atoms in total. The van der Waals surface area contributed by atoms with Gasteiger partial charge < -0.3 is 38.3 Å². The predicted octanol–water partition coefficient (Wildman–Crippen LogP) is -1.36. The second-order valence-corrected chi connectivity index (χ2v) is 9.20. The maximum atomic E-state index is 12.9. The van der Waals surface area contributed by atoms with Gasteiger partial charge in [-0.2, -0.15) is 24.4 Å². The van der Waals surface area contributed by atoms with Gasteiger partial charge in [-0.3, -0.25) is 19.4 Å². The first-order chi connectivity index (χ1) is 16.0. The number of nitrogens with two attached hydrogens (primary N) is 3. The van der Waals surface area contributed by atoms with E-state index in [1.54, 1.807) is 0 Å². The lowest BCUT2D eigenvalue weighted by atomic mass is 9.98. The quantitative estimate of drug-likeness (QED) is 0.0490. The molecule has 5 atom stereocenters. The van der Waals surface area contributed by atoms with Crippen LogP contribution in [-0.4, -0.2) is 83.2 Å². The molecule has 14 heteroatoms. The minimum atomic E-state index is -1.17. The Labute approximate surface area is 210 Å². The summed E-state index contributed by atoms with van der Waals surface area (Å²) < 4.78 is 0. The molecule has 34 heavy (non-hydrogen) atoms. The lowest BCUT2D eigenvalue weighted by molar-refractivity contribution is -0.142. The molecule has 0 heterocycles. The van der Waals surface area contributed by atoms with E-state index in [-0.39, 0.29) is 37.0 Å². The van der Waals surface area contributed by atoms with Crippen LogP contribution in [0.2, 0.25) is 0 Å². The molecule has 0 bridgehead atoms. The molecule has 0 aliphatic rings. The van der Waals surface area contributed by atoms with E-state index in [2.05, 4.69) is 33.6 Å². The zero-order valence-electron chi connectivity index (χ0n) is 20.0. The van der Waals surface area contributed by atoms with E-state index in [4.69, 9.17) is 17.2 Å². The summed E-state index contributed by atoms with van der Waals surface area (Å²) in [6.45, 7) is 3.97. The summed E-state index contributed by atoms with van der Waals surface area (Å²) >= 11 is 5.56. The second-order valence-electron chi connectivity index (χ2n) is 7.85. The highest BCUT2D eigenvalue weighted by atomic mass is 32.2. The first kappa shape index (κ1) is 31.8. The highest BCUT2D eigenvalue weighted by Crippen LogP contribution is 2.08. The van der Waals surface area contributed by atoms with E-state index >= 15 is 0 Å². The summed E-state index contributed by atoms with van der Waals surface area (Å²) in [7, 11) is 0. The highest BCUT2D eigenvalue weighted by molar-refractivity contribution is 7.98. The molecule has 0 saturated heterocycles. The summed E-state index contributed by atoms with van der Waals surface area (Å²) in [5, 5.41) is 16.9. The van der Waals surface area contributed by atoms with Gasteiger partial charge in [0.25, 0.3) is 0 Å². The van der Waals surface area contributed by atoms with Crippen LogP contribution in [0.3, 0.4) is 0 Å². The zero-order chi connectivity index (χ0) is 26.3. The third-order valence-electron chi connectivity index (χ3n) is 5.18. The Balaban J connectivity index is 5.36. The molecule has 0 rings (SSSR count). The van der Waals surface area contributed by atoms with Gasteiger partial charge in [0.2, 0.25) is 17.7 Å². The van der Waals surface area contributed by atoms with Crippen molar-refractivity contribution in [2.24, 2.45) is 28.1 Å². The second kappa shape index (κ2) is 17.3. The van der Waals surface area contributed by atoms with Gasteiger partial charge in [-0.15, -0.1) is 0 Å². The standard InChI is InChI=1S/C20H39N7O5S2/c1-4-11(2)15(21)18(30)25-12(6-5-8-24-20(22)23)16(28)27-14(10-33)17(29)26-13(19(31)32)7-9-34-3/h11-15,33H,4-10,21H2,1-3H3,(H,25,30)(H,26,29)(H,27,28)(H,31,32)(H4,22,23,24). The number of thioether (sulfide) groups is 1. The highest BCUT2D eigenvalue weighted by Gasteiger charge is 2.30. The van der Waals surface area contributed by atoms with Gasteiger partial charge >= 0.3 is 5.97 Å². The van der Waals surface area contributed by atoms with E-state index in [9.17, 15) is 24.3 Å². The van der Waals surface area contributed by atoms with Crippen molar-refractivity contribution in [2.75, 3.05) is 24.3 Å². The molecule has 196 valence electrons. The van der Waals surface area contributed by atoms with Gasteiger partial charge in [0.1, 0.15) is 18.1 Å². The maximum absolute atomic E-state index is 12.9. The molecule has 0 aromatic carbocycles. The van der Waals surface area contributed by atoms with Crippen molar-refractivity contribution < 1.29 is 24.3 Å². The summed E-state index contributed by atoms with van der Waals surface area (Å²) in [5.41, 5.74) is 16.6. The van der Waals surface area contributed by atoms with Crippen molar-refractivity contribution in [3.05, 3.63) is 0 Å². The van der Waals surface area contributed by atoms with Crippen LogP contribution in [0.4, 0.5) is 0 Å². The largest absolute Gasteiger partial charge is 0.480 e. The van der Waals surface area contributed by atoms with Crippen LogP contribution in [0.25, 0.3) is 0 Å². The Morgan fingerprint density at radius 3 is 2.06 bits per heavy atom. The molecule has 0 saturated carbocycles. The van der Waals surface area contributed by atoms with Crippen LogP contribution >= 0.6 is 24.4 Å². The van der Waals surface area contributed by atoms with Gasteiger partial charge in [-0.1, -0.05) is 20.3 Å². The number of carboxylic acids is 1. The monoisotopic (exact) mass is 521 g/mol. The Bertz CT molecular complexity index is 707. The van der Waals surface area contributed by atoms with Crippen molar-refractivity contribution in [3.63, 3.8) is 0 Å². The Morgan fingerprint density at radius 1 is 1.00 bits per heavy atom. The van der Waals surface area contributed by atoms with Gasteiger partial charge in [-0.05, 0) is 37.2 Å². The topological polar surface area (TPSA) is 215 Å². The van der Waals surface area contributed by atoms with Crippen molar-refractivity contribution >= 4 is 54.0 Å². The van der Waals surface area contributed by atoms with Crippen molar-refractivity contribution in [2.45, 2.75) is 63.7 Å². The average molecular weight is 522 g/mol. The van der Waals surface area contributed by atoms with E-state index in [0.29, 0.717) is 18.6 Å². The van der Waals surface area contributed by atoms with Gasteiger partial charge in [-0.25, -0.2) is 4.79 Å². The minimum Gasteiger partial charge on any atom is -0.480 e. The Kier molecular flexibility index (Phi) is 16.2. The SMILES string of the molecule is CCC(C)C(N)C(=O)NC(CCCN=C(N)N)C(=O)NC(CS)C(=O)NC(CCSC)C(=O)O. The third kappa shape index (κ3) is 12.3. The molecule has 0 aliphatic heterocycles. The number of nitrogens with one attached hydrogen (secondary N) is 3. The van der Waals surface area contributed by atoms with E-state index in [1.165, 1.54) is 11.8 Å². The number of nitrogens with zero attached hydrogens (tertiary/aromatic N) is 1. The maximum Gasteiger partial charge on any atom is 0.326 e. The smallest absolute Gasteiger partial charge is 0.326 e. The number of hydrogen-bond donors (Lipinski definition) is 8. The molecular weight excluding hydrogens is 482 g/mol. The molecule has 10 N–H and O–H groups in total. The molecule has 0 aromatic rings. The lowest BCUT2D eigenvalue weighted by Gasteiger charge is -2.25. The summed E-state index contributed by atoms with van der Waals surface area (Å²) in [6.07, 6.45) is 3.30. The van der Waals surface area contributed by atoms with Crippen molar-refractivity contribution in [1.82, 2.24) is 16.0 Å². The number of hydrogen-bond acceptors (Lipinski definition) is 8. The van der Waals surface area contributed by atoms with Gasteiger partial charge in [0.05, 0.1) is 6.04 Å². The fourth-order valence-corrected chi connectivity index (χ4v) is 3.51. The fraction of sp³-hybridized carbons (Fsp3) is 0.750. The number of carboxylic acid groups (broad SMARTS) is 1. The molecule has 5 unspecified atom stereocenters. The normalized spacial score (nSPS) is 15.2. The number of carbonyl (C=O) groups is 4. The zero-order valence-corrected chi connectivity index (χ0v) is 21.7. The molecule has 3 amide bonds. The predicted molar refractivity (Wildman–Crippen MR) is 138 cm³/mol. The van der Waals surface area contributed by atoms with Crippen LogP contribution in [0.1, 0.15) is 39.5 Å². The molecule has 0 radical (unpaired) electrons. The molecule has 0 aliphatic carbocycles. The van der Waals surface area contributed by atoms with Crippen molar-refractivity contribution in [3.8, 4) is 0 Å². The Hall–Kier alpha value is -2.19. The first-order valence-electron chi connectivity index (χ1n) is 11.0. The van der Waals surface area contributed by atoms with Crippen LogP contribution in [-0.2, 0) is 19.2 Å². The minimum absolute atomic E-state index is 0.0759. The molecule has 0 aromatic heterocycles. The van der Waals surface area contributed by atoms with Crippen LogP contribution in [0.5, 0.6) is 0 Å². The number of carbonyl (C=O) groups excluding carboxylic acids is 3. The molecule has 0 spiro atoms. The van der Waals surface area contributed by atoms with Gasteiger partial charge in [0.15, 0.2) is 5.96 Å². The van der Waals surface area contributed by atoms with E-state index in [0.717, 1.165) is 0 Å².